The molecule has 0 spiro atoms. The Hall–Kier alpha value is -3.76. The van der Waals surface area contributed by atoms with Gasteiger partial charge in [0.1, 0.15) is 11.5 Å². The van der Waals surface area contributed by atoms with Crippen molar-refractivity contribution in [3.05, 3.63) is 41.7 Å². The van der Waals surface area contributed by atoms with E-state index in [9.17, 15) is 9.59 Å². The Morgan fingerprint density at radius 3 is 2.81 bits per heavy atom. The minimum Gasteiger partial charge on any atom is -0.478 e. The van der Waals surface area contributed by atoms with Crippen LogP contribution in [0, 0.1) is 0 Å². The van der Waals surface area contributed by atoms with Crippen molar-refractivity contribution in [1.29, 1.82) is 0 Å². The van der Waals surface area contributed by atoms with Crippen LogP contribution in [0.5, 0.6) is 5.88 Å². The highest BCUT2D eigenvalue weighted by Crippen LogP contribution is 2.34. The van der Waals surface area contributed by atoms with Crippen LogP contribution in [0.15, 0.2) is 36.0 Å². The molecule has 2 unspecified atom stereocenters. The van der Waals surface area contributed by atoms with Gasteiger partial charge in [-0.2, -0.15) is 0 Å². The third-order valence-corrected chi connectivity index (χ3v) is 6.04. The maximum Gasteiger partial charge on any atom is 0.335 e. The standard InChI is InChI=1S/C21H28N8O3/c1-6-18(30)27(4)13-7-8-14(9-13)28-12-15(24-16-11-26(3)25-20(16)32-5)19-23-10-17(22-2)29(19)21(28)31/h6,10-14,22,24H,1,7-9H2,2-5H3. The average molecular weight is 441 g/mol. The summed E-state index contributed by atoms with van der Waals surface area (Å²) in [5.41, 5.74) is 1.62. The number of likely N-dealkylation sites (N-methyl/N-ethyl adjacent to an activating group) is 1. The molecule has 32 heavy (non-hydrogen) atoms. The maximum atomic E-state index is 13.4. The highest BCUT2D eigenvalue weighted by atomic mass is 16.5. The first-order valence-electron chi connectivity index (χ1n) is 10.4. The second-order valence-electron chi connectivity index (χ2n) is 7.91. The minimum absolute atomic E-state index is 0.0504. The van der Waals surface area contributed by atoms with E-state index in [0.29, 0.717) is 35.1 Å². The molecule has 3 aromatic rings. The van der Waals surface area contributed by atoms with E-state index in [1.54, 1.807) is 65.4 Å². The molecule has 2 atom stereocenters. The summed E-state index contributed by atoms with van der Waals surface area (Å²) in [7, 11) is 6.88. The van der Waals surface area contributed by atoms with Gasteiger partial charge in [0.2, 0.25) is 5.91 Å². The number of methoxy groups -OCH3 is 1. The molecule has 11 nitrogen and oxygen atoms in total. The fourth-order valence-corrected chi connectivity index (χ4v) is 4.34. The van der Waals surface area contributed by atoms with Crippen LogP contribution in [-0.2, 0) is 11.8 Å². The van der Waals surface area contributed by atoms with E-state index < -0.39 is 0 Å². The number of carbonyl (C=O) groups is 1. The number of hydrogen-bond acceptors (Lipinski definition) is 7. The number of nitrogens with zero attached hydrogens (tertiary/aromatic N) is 6. The molecule has 0 aliphatic heterocycles. The Morgan fingerprint density at radius 1 is 1.34 bits per heavy atom. The molecule has 0 bridgehead atoms. The molecular weight excluding hydrogens is 412 g/mol. The first-order valence-corrected chi connectivity index (χ1v) is 10.4. The topological polar surface area (TPSA) is 111 Å². The molecule has 1 aliphatic rings. The number of fused-ring (bicyclic) bond motifs is 1. The van der Waals surface area contributed by atoms with Gasteiger partial charge in [0.15, 0.2) is 5.65 Å². The molecule has 0 aromatic carbocycles. The van der Waals surface area contributed by atoms with Crippen LogP contribution in [0.1, 0.15) is 25.3 Å². The molecule has 1 aliphatic carbocycles. The van der Waals surface area contributed by atoms with Crippen molar-refractivity contribution < 1.29 is 9.53 Å². The summed E-state index contributed by atoms with van der Waals surface area (Å²) in [4.78, 5) is 31.6. The number of carbonyl (C=O) groups excluding carboxylic acids is 1. The van der Waals surface area contributed by atoms with Gasteiger partial charge in [0.25, 0.3) is 5.88 Å². The second kappa shape index (κ2) is 8.40. The summed E-state index contributed by atoms with van der Waals surface area (Å²) in [6.45, 7) is 3.57. The van der Waals surface area contributed by atoms with Crippen LogP contribution >= 0.6 is 0 Å². The van der Waals surface area contributed by atoms with Gasteiger partial charge in [0.05, 0.1) is 25.2 Å². The zero-order chi connectivity index (χ0) is 23.0. The number of anilines is 3. The van der Waals surface area contributed by atoms with Gasteiger partial charge in [-0.3, -0.25) is 14.0 Å². The molecule has 3 aromatic heterocycles. The Balaban J connectivity index is 1.76. The van der Waals surface area contributed by atoms with Crippen LogP contribution in [0.3, 0.4) is 0 Å². The molecule has 1 amide bonds. The summed E-state index contributed by atoms with van der Waals surface area (Å²) < 4.78 is 10.3. The summed E-state index contributed by atoms with van der Waals surface area (Å²) in [5, 5.41) is 10.6. The summed E-state index contributed by atoms with van der Waals surface area (Å²) in [6, 6.07) is -0.00473. The number of imidazole rings is 1. The second-order valence-corrected chi connectivity index (χ2v) is 7.91. The number of aromatic nitrogens is 5. The van der Waals surface area contributed by atoms with Gasteiger partial charge >= 0.3 is 5.69 Å². The third kappa shape index (κ3) is 3.59. The molecule has 1 saturated carbocycles. The van der Waals surface area contributed by atoms with E-state index in [1.165, 1.54) is 6.08 Å². The number of amides is 1. The number of rotatable bonds is 7. The Bertz CT molecular complexity index is 1220. The van der Waals surface area contributed by atoms with Gasteiger partial charge in [0, 0.05) is 39.4 Å². The molecule has 2 N–H and O–H groups in total. The molecule has 11 heteroatoms. The van der Waals surface area contributed by atoms with Crippen molar-refractivity contribution in [1.82, 2.24) is 28.6 Å². The number of ether oxygens (including phenoxy) is 1. The summed E-state index contributed by atoms with van der Waals surface area (Å²) in [5.74, 6) is 0.917. The third-order valence-electron chi connectivity index (χ3n) is 6.04. The number of aryl methyl sites for hydroxylation is 1. The van der Waals surface area contributed by atoms with Gasteiger partial charge in [-0.1, -0.05) is 6.58 Å². The predicted molar refractivity (Wildman–Crippen MR) is 122 cm³/mol. The molecule has 170 valence electrons. The van der Waals surface area contributed by atoms with Gasteiger partial charge in [-0.15, -0.1) is 5.10 Å². The molecule has 4 rings (SSSR count). The zero-order valence-corrected chi connectivity index (χ0v) is 18.7. The van der Waals surface area contributed by atoms with Crippen LogP contribution < -0.4 is 21.1 Å². The summed E-state index contributed by atoms with van der Waals surface area (Å²) in [6.07, 6.45) is 8.81. The largest absolute Gasteiger partial charge is 0.478 e. The fraction of sp³-hybridized carbons (Fsp3) is 0.429. The van der Waals surface area contributed by atoms with Crippen molar-refractivity contribution in [2.24, 2.45) is 7.05 Å². The van der Waals surface area contributed by atoms with E-state index in [1.807, 2.05) is 0 Å². The molecule has 1 fully saturated rings. The first-order chi connectivity index (χ1) is 15.4. The number of hydrogen-bond donors (Lipinski definition) is 2. The van der Waals surface area contributed by atoms with E-state index >= 15 is 0 Å². The Kier molecular flexibility index (Phi) is 5.64. The first kappa shape index (κ1) is 21.5. The van der Waals surface area contributed by atoms with Crippen LogP contribution in [-0.4, -0.2) is 61.8 Å². The highest BCUT2D eigenvalue weighted by molar-refractivity contribution is 5.87. The van der Waals surface area contributed by atoms with E-state index in [4.69, 9.17) is 4.74 Å². The highest BCUT2D eigenvalue weighted by Gasteiger charge is 2.31. The van der Waals surface area contributed by atoms with Crippen LogP contribution in [0.25, 0.3) is 5.65 Å². The lowest BCUT2D eigenvalue weighted by atomic mass is 10.2. The molecule has 3 heterocycles. The smallest absolute Gasteiger partial charge is 0.335 e. The van der Waals surface area contributed by atoms with Gasteiger partial charge in [-0.25, -0.2) is 14.2 Å². The number of nitrogens with one attached hydrogen (secondary N) is 2. The molecular formula is C21H28N8O3. The monoisotopic (exact) mass is 440 g/mol. The average Bonchev–Trinajstić information content (AvgIpc) is 3.52. The lowest BCUT2D eigenvalue weighted by molar-refractivity contribution is -0.126. The Morgan fingerprint density at radius 2 is 2.12 bits per heavy atom. The van der Waals surface area contributed by atoms with Crippen molar-refractivity contribution in [3.63, 3.8) is 0 Å². The summed E-state index contributed by atoms with van der Waals surface area (Å²) >= 11 is 0. The van der Waals surface area contributed by atoms with Crippen molar-refractivity contribution in [2.75, 3.05) is 31.8 Å². The van der Waals surface area contributed by atoms with E-state index in [-0.39, 0.29) is 23.7 Å². The van der Waals surface area contributed by atoms with Crippen LogP contribution in [0.4, 0.5) is 17.2 Å². The SMILES string of the molecule is C=CC(=O)N(C)C1CCC(n2cc(Nc3cn(C)nc3OC)c3ncc(NC)n3c2=O)C1. The van der Waals surface area contributed by atoms with E-state index in [0.717, 1.165) is 12.8 Å². The molecule has 0 radical (unpaired) electrons. The Labute approximate surface area is 185 Å². The predicted octanol–water partition coefficient (Wildman–Crippen LogP) is 1.76. The van der Waals surface area contributed by atoms with Crippen molar-refractivity contribution in [2.45, 2.75) is 31.3 Å². The van der Waals surface area contributed by atoms with Crippen molar-refractivity contribution >= 4 is 28.7 Å². The van der Waals surface area contributed by atoms with Gasteiger partial charge in [-0.05, 0) is 25.3 Å². The minimum atomic E-state index is -0.186. The fourth-order valence-electron chi connectivity index (χ4n) is 4.34. The maximum absolute atomic E-state index is 13.4. The van der Waals surface area contributed by atoms with Gasteiger partial charge < -0.3 is 20.3 Å². The lowest BCUT2D eigenvalue weighted by Crippen LogP contribution is -2.35. The van der Waals surface area contributed by atoms with Crippen LogP contribution in [0.2, 0.25) is 0 Å². The molecule has 0 saturated heterocycles. The van der Waals surface area contributed by atoms with E-state index in [2.05, 4.69) is 27.3 Å². The normalized spacial score (nSPS) is 18.0. The zero-order valence-electron chi connectivity index (χ0n) is 18.7. The quantitative estimate of drug-likeness (QED) is 0.539. The van der Waals surface area contributed by atoms with Crippen molar-refractivity contribution in [3.8, 4) is 5.88 Å². The lowest BCUT2D eigenvalue weighted by Gasteiger charge is -2.24.